The maximum Gasteiger partial charge on any atom is 0.227 e. The van der Waals surface area contributed by atoms with Crippen LogP contribution in [0, 0.1) is 0 Å². The summed E-state index contributed by atoms with van der Waals surface area (Å²) in [7, 11) is 0. The van der Waals surface area contributed by atoms with E-state index in [1.54, 1.807) is 0 Å². The molecule has 1 aliphatic rings. The fourth-order valence-electron chi connectivity index (χ4n) is 2.12. The summed E-state index contributed by atoms with van der Waals surface area (Å²) in [6.07, 6.45) is 2.29. The Balaban J connectivity index is 1.88. The number of piperazine rings is 1. The second-order valence-electron chi connectivity index (χ2n) is 5.17. The van der Waals surface area contributed by atoms with Crippen LogP contribution in [0.25, 0.3) is 0 Å². The van der Waals surface area contributed by atoms with E-state index in [4.69, 9.17) is 4.52 Å². The van der Waals surface area contributed by atoms with Gasteiger partial charge < -0.3 is 9.84 Å². The molecule has 1 fully saturated rings. The Labute approximate surface area is 96.2 Å². The van der Waals surface area contributed by atoms with Gasteiger partial charge >= 0.3 is 0 Å². The lowest BCUT2D eigenvalue weighted by atomic mass is 9.99. The van der Waals surface area contributed by atoms with Crippen molar-refractivity contribution in [3.63, 3.8) is 0 Å². The molecule has 5 nitrogen and oxygen atoms in total. The minimum Gasteiger partial charge on any atom is -0.340 e. The predicted octanol–water partition coefficient (Wildman–Crippen LogP) is 0.684. The van der Waals surface area contributed by atoms with E-state index in [-0.39, 0.29) is 5.54 Å². The molecular weight excluding hydrogens is 204 g/mol. The van der Waals surface area contributed by atoms with Crippen molar-refractivity contribution in [1.82, 2.24) is 20.4 Å². The van der Waals surface area contributed by atoms with Crippen molar-refractivity contribution in [3.8, 4) is 0 Å². The fraction of sp³-hybridized carbons (Fsp3) is 0.818. The minimum absolute atomic E-state index is 0.196. The van der Waals surface area contributed by atoms with E-state index in [0.717, 1.165) is 31.9 Å². The third-order valence-corrected chi connectivity index (χ3v) is 3.12. The molecule has 5 heteroatoms. The zero-order chi connectivity index (χ0) is 11.6. The number of nitrogens with one attached hydrogen (secondary N) is 1. The molecule has 2 rings (SSSR count). The van der Waals surface area contributed by atoms with Gasteiger partial charge in [-0.25, -0.2) is 0 Å². The molecule has 1 aromatic heterocycles. The molecule has 1 aromatic rings. The number of hydrogen-bond acceptors (Lipinski definition) is 5. The predicted molar refractivity (Wildman–Crippen MR) is 61.1 cm³/mol. The van der Waals surface area contributed by atoms with E-state index in [0.29, 0.717) is 6.04 Å². The Hall–Kier alpha value is -0.940. The van der Waals surface area contributed by atoms with Crippen molar-refractivity contribution in [1.29, 1.82) is 0 Å². The van der Waals surface area contributed by atoms with Crippen LogP contribution in [0.5, 0.6) is 0 Å². The Morgan fingerprint density at radius 2 is 2.44 bits per heavy atom. The van der Waals surface area contributed by atoms with Crippen molar-refractivity contribution in [2.24, 2.45) is 0 Å². The Kier molecular flexibility index (Phi) is 3.25. The van der Waals surface area contributed by atoms with Crippen LogP contribution < -0.4 is 5.32 Å². The standard InChI is InChI=1S/C11H20N4O/c1-9-6-13-11(2,3)7-15(9)5-4-10-12-8-14-16-10/h8-9,13H,4-7H2,1-3H3. The lowest BCUT2D eigenvalue weighted by molar-refractivity contribution is 0.103. The highest BCUT2D eigenvalue weighted by Gasteiger charge is 2.29. The van der Waals surface area contributed by atoms with Crippen molar-refractivity contribution in [2.45, 2.75) is 38.8 Å². The van der Waals surface area contributed by atoms with Crippen LogP contribution in [0.3, 0.4) is 0 Å². The summed E-state index contributed by atoms with van der Waals surface area (Å²) in [5.41, 5.74) is 0.196. The largest absolute Gasteiger partial charge is 0.340 e. The molecule has 0 amide bonds. The minimum atomic E-state index is 0.196. The first-order valence-electron chi connectivity index (χ1n) is 5.81. The van der Waals surface area contributed by atoms with Gasteiger partial charge in [0.1, 0.15) is 0 Å². The van der Waals surface area contributed by atoms with E-state index in [1.165, 1.54) is 6.33 Å². The first-order valence-corrected chi connectivity index (χ1v) is 5.81. The van der Waals surface area contributed by atoms with Crippen molar-refractivity contribution in [3.05, 3.63) is 12.2 Å². The second-order valence-corrected chi connectivity index (χ2v) is 5.17. The molecule has 0 aliphatic carbocycles. The topological polar surface area (TPSA) is 54.2 Å². The van der Waals surface area contributed by atoms with E-state index < -0.39 is 0 Å². The molecule has 1 N–H and O–H groups in total. The van der Waals surface area contributed by atoms with Gasteiger partial charge in [0.25, 0.3) is 0 Å². The zero-order valence-electron chi connectivity index (χ0n) is 10.2. The Morgan fingerprint density at radius 3 is 3.12 bits per heavy atom. The van der Waals surface area contributed by atoms with E-state index >= 15 is 0 Å². The molecule has 0 spiro atoms. The summed E-state index contributed by atoms with van der Waals surface area (Å²) in [6, 6.07) is 0.566. The first kappa shape index (κ1) is 11.5. The lowest BCUT2D eigenvalue weighted by Gasteiger charge is -2.43. The lowest BCUT2D eigenvalue weighted by Crippen LogP contribution is -2.60. The molecule has 1 atom stereocenters. The zero-order valence-corrected chi connectivity index (χ0v) is 10.2. The molecule has 0 bridgehead atoms. The maximum absolute atomic E-state index is 5.01. The fourth-order valence-corrected chi connectivity index (χ4v) is 2.12. The molecule has 2 heterocycles. The van der Waals surface area contributed by atoms with Crippen molar-refractivity contribution < 1.29 is 4.52 Å². The van der Waals surface area contributed by atoms with Crippen LogP contribution in [0.1, 0.15) is 26.7 Å². The highest BCUT2D eigenvalue weighted by molar-refractivity contribution is 4.91. The number of nitrogens with zero attached hydrogens (tertiary/aromatic N) is 3. The molecule has 1 aliphatic heterocycles. The van der Waals surface area contributed by atoms with Gasteiger partial charge in [-0.1, -0.05) is 5.16 Å². The average Bonchev–Trinajstić information content (AvgIpc) is 2.72. The molecule has 0 aromatic carbocycles. The molecule has 1 saturated heterocycles. The highest BCUT2D eigenvalue weighted by atomic mass is 16.5. The first-order chi connectivity index (χ1) is 7.57. The van der Waals surface area contributed by atoms with Gasteiger partial charge in [0.05, 0.1) is 0 Å². The molecule has 90 valence electrons. The van der Waals surface area contributed by atoms with Crippen LogP contribution >= 0.6 is 0 Å². The summed E-state index contributed by atoms with van der Waals surface area (Å²) in [4.78, 5) is 6.51. The van der Waals surface area contributed by atoms with Gasteiger partial charge in [-0.05, 0) is 20.8 Å². The summed E-state index contributed by atoms with van der Waals surface area (Å²) < 4.78 is 5.01. The van der Waals surface area contributed by atoms with Crippen LogP contribution in [-0.2, 0) is 6.42 Å². The van der Waals surface area contributed by atoms with Gasteiger partial charge in [-0.3, -0.25) is 4.90 Å². The Morgan fingerprint density at radius 1 is 1.62 bits per heavy atom. The van der Waals surface area contributed by atoms with Gasteiger partial charge in [-0.15, -0.1) is 0 Å². The highest BCUT2D eigenvalue weighted by Crippen LogP contribution is 2.15. The molecule has 0 saturated carbocycles. The van der Waals surface area contributed by atoms with Crippen molar-refractivity contribution in [2.75, 3.05) is 19.6 Å². The number of hydrogen-bond donors (Lipinski definition) is 1. The van der Waals surface area contributed by atoms with E-state index in [2.05, 4.69) is 41.1 Å². The molecular formula is C11H20N4O. The van der Waals surface area contributed by atoms with Crippen LogP contribution in [-0.4, -0.2) is 46.3 Å². The average molecular weight is 224 g/mol. The third kappa shape index (κ3) is 2.80. The number of rotatable bonds is 3. The van der Waals surface area contributed by atoms with Crippen LogP contribution in [0.2, 0.25) is 0 Å². The van der Waals surface area contributed by atoms with Gasteiger partial charge in [-0.2, -0.15) is 4.98 Å². The van der Waals surface area contributed by atoms with Gasteiger partial charge in [0.2, 0.25) is 5.89 Å². The summed E-state index contributed by atoms with van der Waals surface area (Å²) in [5, 5.41) is 7.15. The monoisotopic (exact) mass is 224 g/mol. The summed E-state index contributed by atoms with van der Waals surface area (Å²) >= 11 is 0. The SMILES string of the molecule is CC1CNC(C)(C)CN1CCc1ncno1. The van der Waals surface area contributed by atoms with Gasteiger partial charge in [0.15, 0.2) is 6.33 Å². The summed E-state index contributed by atoms with van der Waals surface area (Å²) in [6.45, 7) is 9.79. The quantitative estimate of drug-likeness (QED) is 0.818. The number of aromatic nitrogens is 2. The molecule has 1 unspecified atom stereocenters. The van der Waals surface area contributed by atoms with Gasteiger partial charge in [0, 0.05) is 37.6 Å². The smallest absolute Gasteiger partial charge is 0.227 e. The molecule has 0 radical (unpaired) electrons. The van der Waals surface area contributed by atoms with E-state index in [1.807, 2.05) is 0 Å². The summed E-state index contributed by atoms with van der Waals surface area (Å²) in [5.74, 6) is 0.725. The third-order valence-electron chi connectivity index (χ3n) is 3.12. The Bertz CT molecular complexity index is 323. The normalized spacial score (nSPS) is 25.8. The van der Waals surface area contributed by atoms with Crippen molar-refractivity contribution >= 4 is 0 Å². The van der Waals surface area contributed by atoms with Crippen LogP contribution in [0.15, 0.2) is 10.9 Å². The maximum atomic E-state index is 5.01. The van der Waals surface area contributed by atoms with E-state index in [9.17, 15) is 0 Å². The van der Waals surface area contributed by atoms with Crippen LogP contribution in [0.4, 0.5) is 0 Å². The molecule has 16 heavy (non-hydrogen) atoms. The second kappa shape index (κ2) is 4.51.